The van der Waals surface area contributed by atoms with E-state index in [0.29, 0.717) is 0 Å². The van der Waals surface area contributed by atoms with Gasteiger partial charge >= 0.3 is 11.9 Å². The van der Waals surface area contributed by atoms with Gasteiger partial charge in [-0.1, -0.05) is 55.4 Å². The van der Waals surface area contributed by atoms with Crippen molar-refractivity contribution >= 4 is 47.4 Å². The van der Waals surface area contributed by atoms with Gasteiger partial charge in [-0.2, -0.15) is 0 Å². The number of hydrogen-bond acceptors (Lipinski definition) is 11. The molecule has 298 valence electrons. The molecule has 19 nitrogen and oxygen atoms in total. The van der Waals surface area contributed by atoms with Gasteiger partial charge in [0, 0.05) is 0 Å². The van der Waals surface area contributed by atoms with Gasteiger partial charge in [0.05, 0.1) is 25.2 Å². The van der Waals surface area contributed by atoms with Crippen LogP contribution in [0.2, 0.25) is 0 Å². The van der Waals surface area contributed by atoms with E-state index < -0.39 is 121 Å². The van der Waals surface area contributed by atoms with Crippen LogP contribution in [0.15, 0.2) is 0 Å². The smallest absolute Gasteiger partial charge is 0.326 e. The van der Waals surface area contributed by atoms with Gasteiger partial charge < -0.3 is 58.1 Å². The molecule has 0 aromatic heterocycles. The molecule has 0 saturated carbocycles. The third-order valence-electron chi connectivity index (χ3n) is 7.77. The molecule has 0 aromatic rings. The van der Waals surface area contributed by atoms with Gasteiger partial charge in [0.25, 0.3) is 0 Å². The zero-order valence-corrected chi connectivity index (χ0v) is 31.4. The highest BCUT2D eigenvalue weighted by Crippen LogP contribution is 2.11. The molecule has 12 N–H and O–H groups in total. The molecule has 0 aliphatic heterocycles. The van der Waals surface area contributed by atoms with E-state index in [1.807, 2.05) is 0 Å². The van der Waals surface area contributed by atoms with Crippen LogP contribution in [0.1, 0.15) is 81.6 Å². The van der Waals surface area contributed by atoms with Crippen molar-refractivity contribution in [2.24, 2.45) is 29.4 Å². The molecular weight excluding hydrogens is 686 g/mol. The van der Waals surface area contributed by atoms with Gasteiger partial charge in [0.1, 0.15) is 36.3 Å². The maximum absolute atomic E-state index is 13.5. The van der Waals surface area contributed by atoms with Crippen LogP contribution in [-0.2, 0) is 38.4 Å². The Bertz CT molecular complexity index is 1260. The molecule has 0 rings (SSSR count). The molecule has 52 heavy (non-hydrogen) atoms. The summed E-state index contributed by atoms with van der Waals surface area (Å²) in [5.74, 6) is -9.48. The Morgan fingerprint density at radius 2 is 0.885 bits per heavy atom. The minimum absolute atomic E-state index is 0.0873. The second kappa shape index (κ2) is 22.5. The lowest BCUT2D eigenvalue weighted by molar-refractivity contribution is -0.143. The summed E-state index contributed by atoms with van der Waals surface area (Å²) >= 11 is 0. The summed E-state index contributed by atoms with van der Waals surface area (Å²) in [7, 11) is 0. The van der Waals surface area contributed by atoms with E-state index in [9.17, 15) is 53.7 Å². The van der Waals surface area contributed by atoms with Crippen LogP contribution in [0.25, 0.3) is 0 Å². The second-order valence-electron chi connectivity index (χ2n) is 14.4. The monoisotopic (exact) mass is 745 g/mol. The number of hydrogen-bond donors (Lipinski definition) is 11. The Morgan fingerprint density at radius 3 is 1.29 bits per heavy atom. The summed E-state index contributed by atoms with van der Waals surface area (Å²) in [5, 5.41) is 53.0. The van der Waals surface area contributed by atoms with E-state index in [1.54, 1.807) is 55.4 Å². The number of amides is 6. The molecule has 0 unspecified atom stereocenters. The molecule has 6 amide bonds. The molecule has 0 spiro atoms. The highest BCUT2D eigenvalue weighted by molar-refractivity contribution is 5.97. The van der Waals surface area contributed by atoms with E-state index in [4.69, 9.17) is 10.8 Å². The van der Waals surface area contributed by atoms with Crippen LogP contribution < -0.4 is 37.6 Å². The fourth-order valence-electron chi connectivity index (χ4n) is 4.90. The number of carbonyl (C=O) groups is 8. The SMILES string of the molecule is CC(C)C[C@H](NC(=O)[C@H](CO)NC(=O)[C@@H](NC(=O)[C@@H](NC(=O)[C@@H](NC(=O)[C@H](CC(C)C)NC(=O)[C@@H](N)CC(=O)O)C(C)C)[C@@H](C)O)C(C)C)C(=O)O. The van der Waals surface area contributed by atoms with Crippen molar-refractivity contribution in [3.05, 3.63) is 0 Å². The number of aliphatic hydroxyl groups is 2. The molecule has 0 aliphatic rings. The van der Waals surface area contributed by atoms with E-state index >= 15 is 0 Å². The Kier molecular flexibility index (Phi) is 20.7. The highest BCUT2D eigenvalue weighted by Gasteiger charge is 2.36. The Balaban J connectivity index is 5.96. The van der Waals surface area contributed by atoms with Crippen molar-refractivity contribution in [1.82, 2.24) is 31.9 Å². The van der Waals surface area contributed by atoms with Crippen LogP contribution in [0.4, 0.5) is 0 Å². The molecule has 0 radical (unpaired) electrons. The van der Waals surface area contributed by atoms with Crippen LogP contribution in [-0.4, -0.2) is 123 Å². The maximum Gasteiger partial charge on any atom is 0.326 e. The number of nitrogens with one attached hydrogen (secondary N) is 6. The summed E-state index contributed by atoms with van der Waals surface area (Å²) in [6.07, 6.45) is -2.00. The average Bonchev–Trinajstić information content (AvgIpc) is 3.01. The minimum atomic E-state index is -1.65. The van der Waals surface area contributed by atoms with Gasteiger partial charge in [-0.25, -0.2) is 4.79 Å². The summed E-state index contributed by atoms with van der Waals surface area (Å²) in [6, 6.07) is -9.78. The number of rotatable bonds is 23. The van der Waals surface area contributed by atoms with Crippen molar-refractivity contribution in [2.75, 3.05) is 6.61 Å². The number of carboxylic acids is 2. The molecule has 0 heterocycles. The van der Waals surface area contributed by atoms with Crippen molar-refractivity contribution in [1.29, 1.82) is 0 Å². The Morgan fingerprint density at radius 1 is 0.519 bits per heavy atom. The van der Waals surface area contributed by atoms with Crippen LogP contribution in [0.5, 0.6) is 0 Å². The van der Waals surface area contributed by atoms with Gasteiger partial charge in [-0.15, -0.1) is 0 Å². The van der Waals surface area contributed by atoms with Crippen LogP contribution >= 0.6 is 0 Å². The Hall–Kier alpha value is -4.36. The van der Waals surface area contributed by atoms with Crippen molar-refractivity contribution in [2.45, 2.75) is 130 Å². The molecule has 0 aliphatic carbocycles. The van der Waals surface area contributed by atoms with Crippen molar-refractivity contribution in [3.8, 4) is 0 Å². The summed E-state index contributed by atoms with van der Waals surface area (Å²) in [5.41, 5.74) is 5.64. The fraction of sp³-hybridized carbons (Fsp3) is 0.758. The number of aliphatic carboxylic acids is 2. The second-order valence-corrected chi connectivity index (χ2v) is 14.4. The number of nitrogens with two attached hydrogens (primary N) is 1. The first-order valence-corrected chi connectivity index (χ1v) is 17.2. The lowest BCUT2D eigenvalue weighted by Gasteiger charge is -2.30. The van der Waals surface area contributed by atoms with E-state index in [2.05, 4.69) is 31.9 Å². The molecule has 0 saturated heterocycles. The molecule has 0 bridgehead atoms. The first-order valence-electron chi connectivity index (χ1n) is 17.2. The standard InChI is InChI=1S/C33H59N7O12/c1-14(2)10-20(35-27(45)19(34)12-23(43)44)28(46)38-25(17(7)8)31(49)40-26(18(9)42)32(50)39-24(16(5)6)30(48)37-22(13-41)29(47)36-21(33(51)52)11-15(3)4/h14-22,24-26,41-42H,10-13,34H2,1-9H3,(H,35,45)(H,36,47)(H,37,48)(H,38,46)(H,39,50)(H,40,49)(H,43,44)(H,51,52)/t18-,19+,20+,21+,22+,24+,25+,26+/m1/s1. The van der Waals surface area contributed by atoms with Crippen molar-refractivity contribution in [3.63, 3.8) is 0 Å². The predicted octanol–water partition coefficient (Wildman–Crippen LogP) is -2.44. The van der Waals surface area contributed by atoms with Crippen LogP contribution in [0, 0.1) is 23.7 Å². The molecule has 19 heteroatoms. The van der Waals surface area contributed by atoms with Gasteiger partial charge in [-0.3, -0.25) is 33.6 Å². The quantitative estimate of drug-likeness (QED) is 0.0519. The first kappa shape index (κ1) is 47.6. The number of aliphatic hydroxyl groups excluding tert-OH is 2. The normalized spacial score (nSPS) is 16.1. The average molecular weight is 746 g/mol. The predicted molar refractivity (Wildman–Crippen MR) is 187 cm³/mol. The summed E-state index contributed by atoms with van der Waals surface area (Å²) in [6.45, 7) is 13.7. The zero-order valence-electron chi connectivity index (χ0n) is 31.4. The topological polar surface area (TPSA) is 316 Å². The molecule has 0 fully saturated rings. The minimum Gasteiger partial charge on any atom is -0.481 e. The zero-order chi connectivity index (χ0) is 40.6. The van der Waals surface area contributed by atoms with E-state index in [-0.39, 0.29) is 24.7 Å². The number of carbonyl (C=O) groups excluding carboxylic acids is 6. The van der Waals surface area contributed by atoms with Gasteiger partial charge in [0.2, 0.25) is 35.4 Å². The van der Waals surface area contributed by atoms with Crippen LogP contribution in [0.3, 0.4) is 0 Å². The lowest BCUT2D eigenvalue weighted by Crippen LogP contribution is -2.63. The van der Waals surface area contributed by atoms with Gasteiger partial charge in [0.15, 0.2) is 0 Å². The summed E-state index contributed by atoms with van der Waals surface area (Å²) in [4.78, 5) is 101. The Labute approximate surface area is 304 Å². The largest absolute Gasteiger partial charge is 0.481 e. The third kappa shape index (κ3) is 16.8. The van der Waals surface area contributed by atoms with E-state index in [1.165, 1.54) is 6.92 Å². The van der Waals surface area contributed by atoms with Crippen molar-refractivity contribution < 1.29 is 58.8 Å². The highest BCUT2D eigenvalue weighted by atomic mass is 16.4. The third-order valence-corrected chi connectivity index (χ3v) is 7.77. The fourth-order valence-corrected chi connectivity index (χ4v) is 4.90. The molecule has 8 atom stereocenters. The molecular formula is C33H59N7O12. The first-order chi connectivity index (χ1) is 23.9. The van der Waals surface area contributed by atoms with E-state index in [0.717, 1.165) is 0 Å². The number of carboxylic acid groups (broad SMARTS) is 2. The maximum atomic E-state index is 13.5. The summed E-state index contributed by atoms with van der Waals surface area (Å²) < 4.78 is 0. The molecule has 0 aromatic carbocycles. The lowest BCUT2D eigenvalue weighted by atomic mass is 9.98. The van der Waals surface area contributed by atoms with Gasteiger partial charge in [-0.05, 0) is 43.4 Å².